The summed E-state index contributed by atoms with van der Waals surface area (Å²) in [4.78, 5) is 2.42. The third-order valence-corrected chi connectivity index (χ3v) is 17.2. The fourth-order valence-corrected chi connectivity index (χ4v) is 14.9. The summed E-state index contributed by atoms with van der Waals surface area (Å²) in [6, 6.07) is 16.1. The number of nitrogens with zero attached hydrogens (tertiary/aromatic N) is 1. The molecule has 1 aliphatic carbocycles. The van der Waals surface area contributed by atoms with Crippen molar-refractivity contribution in [2.45, 2.75) is 56.0 Å². The summed E-state index contributed by atoms with van der Waals surface area (Å²) in [6.07, 6.45) is 1.14. The van der Waals surface area contributed by atoms with Crippen LogP contribution in [0.5, 0.6) is 11.5 Å². The molecule has 7 heteroatoms. The van der Waals surface area contributed by atoms with Crippen LogP contribution in [-0.2, 0) is 29.3 Å². The third-order valence-electron chi connectivity index (χ3n) is 5.96. The van der Waals surface area contributed by atoms with Gasteiger partial charge in [-0.1, -0.05) is 0 Å². The normalized spacial score (nSPS) is 17.6. The number of likely N-dealkylation sites (N-methyl/N-ethyl adjacent to an activating group) is 1. The Labute approximate surface area is 208 Å². The molecule has 0 bridgehead atoms. The molecule has 0 aliphatic heterocycles. The molecule has 173 valence electrons. The van der Waals surface area contributed by atoms with E-state index in [0.29, 0.717) is 10.3 Å². The Hall–Kier alpha value is -0.489. The number of ether oxygens (including phenoxy) is 1. The molecule has 2 atom stereocenters. The molecule has 0 spiro atoms. The minimum atomic E-state index is -1.85. The number of fused-ring (bicyclic) bond motifs is 1. The smallest absolute Gasteiger partial charge is 0.147 e. The molecule has 0 radical (unpaired) electrons. The first-order chi connectivity index (χ1) is 13.6. The molecule has 0 amide bonds. The second-order valence-electron chi connectivity index (χ2n) is 9.72. The Morgan fingerprint density at radius 3 is 2.16 bits per heavy atom. The minimum Gasteiger partial charge on any atom is -0.147 e. The van der Waals surface area contributed by atoms with Crippen molar-refractivity contribution in [3.8, 4) is 11.5 Å². The molecule has 31 heavy (non-hydrogen) atoms. The summed E-state index contributed by atoms with van der Waals surface area (Å²) < 4.78 is 13.2. The second-order valence-corrected chi connectivity index (χ2v) is 22.3. The summed E-state index contributed by atoms with van der Waals surface area (Å²) in [5.74, 6) is 1.90. The van der Waals surface area contributed by atoms with Gasteiger partial charge in [0.05, 0.1) is 0 Å². The van der Waals surface area contributed by atoms with Crippen LogP contribution in [0.15, 0.2) is 42.5 Å². The molecule has 0 fully saturated rings. The van der Waals surface area contributed by atoms with E-state index in [1.165, 1.54) is 11.1 Å². The molecule has 2 aromatic carbocycles. The van der Waals surface area contributed by atoms with Crippen LogP contribution in [0.2, 0.25) is 13.1 Å². The van der Waals surface area contributed by atoms with Crippen molar-refractivity contribution in [3.05, 3.63) is 59.2 Å². The van der Waals surface area contributed by atoms with Gasteiger partial charge in [0.2, 0.25) is 0 Å². The van der Waals surface area contributed by atoms with Gasteiger partial charge in [0.15, 0.2) is 0 Å². The van der Waals surface area contributed by atoms with Gasteiger partial charge in [-0.2, -0.15) is 0 Å². The van der Waals surface area contributed by atoms with Crippen molar-refractivity contribution < 1.29 is 25.6 Å². The molecule has 0 heterocycles. The van der Waals surface area contributed by atoms with Gasteiger partial charge in [0.25, 0.3) is 0 Å². The number of benzene rings is 2. The Kier molecular flexibility index (Phi) is 10.7. The largest absolute Gasteiger partial charge is 0.147 e. The van der Waals surface area contributed by atoms with E-state index in [1.807, 2.05) is 0 Å². The molecule has 3 nitrogen and oxygen atoms in total. The Morgan fingerprint density at radius 2 is 1.61 bits per heavy atom. The summed E-state index contributed by atoms with van der Waals surface area (Å²) in [5.41, 5.74) is 4.39. The van der Waals surface area contributed by atoms with E-state index in [2.05, 4.69) is 95.3 Å². The average Bonchev–Trinajstić information content (AvgIpc) is 3.04. The first-order valence-corrected chi connectivity index (χ1v) is 17.7. The zero-order chi connectivity index (χ0) is 21.3. The van der Waals surface area contributed by atoms with Gasteiger partial charge < -0.3 is 0 Å². The molecule has 3 rings (SSSR count). The molecule has 0 aromatic heterocycles. The van der Waals surface area contributed by atoms with Gasteiger partial charge in [-0.25, -0.2) is 0 Å². The predicted molar refractivity (Wildman–Crippen MR) is 136 cm³/mol. The van der Waals surface area contributed by atoms with Gasteiger partial charge >= 0.3 is 185 Å². The second kappa shape index (κ2) is 11.6. The van der Waals surface area contributed by atoms with Crippen molar-refractivity contribution in [2.75, 3.05) is 21.2 Å². The van der Waals surface area contributed by atoms with E-state index in [4.69, 9.17) is 8.06 Å². The first kappa shape index (κ1) is 28.5. The maximum Gasteiger partial charge on any atom is -0.147 e. The van der Waals surface area contributed by atoms with Crippen LogP contribution < -0.4 is 8.06 Å². The fourth-order valence-electron chi connectivity index (χ4n) is 4.26. The topological polar surface area (TPSA) is 21.7 Å². The summed E-state index contributed by atoms with van der Waals surface area (Å²) >= 11 is -1.85. The van der Waals surface area contributed by atoms with Crippen molar-refractivity contribution in [1.29, 1.82) is 0 Å². The first-order valence-electron chi connectivity index (χ1n) is 10.6. The van der Waals surface area contributed by atoms with Gasteiger partial charge in [-0.15, -0.1) is 24.8 Å². The van der Waals surface area contributed by atoms with Crippen molar-refractivity contribution >= 4 is 31.5 Å². The molecule has 0 saturated heterocycles. The summed E-state index contributed by atoms with van der Waals surface area (Å²) in [7, 11) is 6.20. The number of halogens is 2. The number of hydrogen-bond acceptors (Lipinski definition) is 3. The van der Waals surface area contributed by atoms with E-state index in [-0.39, 0.29) is 30.2 Å². The monoisotopic (exact) mass is 518 g/mol. The predicted octanol–water partition coefficient (Wildman–Crippen LogP) is 5.96. The van der Waals surface area contributed by atoms with Crippen LogP contribution in [-0.4, -0.2) is 38.8 Å². The molecule has 2 unspecified atom stereocenters. The zero-order valence-corrected chi connectivity index (χ0v) is 24.4. The SMILES string of the molecule is COc1cc([O][Ti]([CH]2c3ccccc3CC2N(C)C)[SiH](C)C)cc(C(C)(C)C)c1.Cl.Cl. The van der Waals surface area contributed by atoms with Crippen LogP contribution in [0.1, 0.15) is 41.7 Å². The summed E-state index contributed by atoms with van der Waals surface area (Å²) in [5, 5.41) is 0. The maximum atomic E-state index is 7.00. The fraction of sp³-hybridized carbons (Fsp3) is 0.500. The van der Waals surface area contributed by atoms with E-state index in [9.17, 15) is 0 Å². The molecule has 0 saturated carbocycles. The van der Waals surface area contributed by atoms with Gasteiger partial charge in [0, 0.05) is 0 Å². The maximum absolute atomic E-state index is 7.00. The van der Waals surface area contributed by atoms with Crippen molar-refractivity contribution in [1.82, 2.24) is 4.90 Å². The Bertz CT molecular complexity index is 858. The zero-order valence-electron chi connectivity index (χ0n) is 20.1. The summed E-state index contributed by atoms with van der Waals surface area (Å²) in [6.45, 7) is 10.7. The van der Waals surface area contributed by atoms with Crippen LogP contribution in [0, 0.1) is 0 Å². The van der Waals surface area contributed by atoms with Crippen LogP contribution in [0.25, 0.3) is 0 Å². The van der Waals surface area contributed by atoms with Crippen LogP contribution >= 0.6 is 24.8 Å². The standard InChI is InChI=1S/C11H14N.C11H16O2.C2H7Si.2ClH.Ti/c1-12(2)11-7-9-5-3-4-6-10(9)8-11;1-11(2,3)8-5-9(12)7-10(6-8)13-4;1-3-2;;;/h3-7,11H,8H2,1-2H3;5-7,12H,1-4H3;3H,1-2H3;2*1H;/q;;;;;+1/p-1. The van der Waals surface area contributed by atoms with Gasteiger partial charge in [0.1, 0.15) is 0 Å². The molecular weight excluding hydrogens is 481 g/mol. The van der Waals surface area contributed by atoms with E-state index >= 15 is 0 Å². The number of hydrogen-bond donors (Lipinski definition) is 0. The third kappa shape index (κ3) is 6.52. The van der Waals surface area contributed by atoms with E-state index in [0.717, 1.165) is 17.9 Å². The quantitative estimate of drug-likeness (QED) is 0.440. The van der Waals surface area contributed by atoms with Crippen LogP contribution in [0.4, 0.5) is 0 Å². The van der Waals surface area contributed by atoms with Crippen molar-refractivity contribution in [2.24, 2.45) is 0 Å². The van der Waals surface area contributed by atoms with Gasteiger partial charge in [-0.3, -0.25) is 0 Å². The van der Waals surface area contributed by atoms with Crippen LogP contribution in [0.3, 0.4) is 0 Å². The molecular formula is C24H38Cl2NO2SiTi. The van der Waals surface area contributed by atoms with E-state index in [1.54, 1.807) is 12.7 Å². The molecule has 0 N–H and O–H groups in total. The number of methoxy groups -OCH3 is 1. The number of rotatable bonds is 6. The molecule has 1 aliphatic rings. The Balaban J connectivity index is 0.00000240. The van der Waals surface area contributed by atoms with E-state index < -0.39 is 24.2 Å². The van der Waals surface area contributed by atoms with Gasteiger partial charge in [-0.05, 0) is 0 Å². The average molecular weight is 519 g/mol. The Morgan fingerprint density at radius 1 is 1.00 bits per heavy atom. The van der Waals surface area contributed by atoms with Crippen molar-refractivity contribution in [3.63, 3.8) is 0 Å². The molecule has 2 aromatic rings. The minimum absolute atomic E-state index is 0.